The molecule has 0 saturated carbocycles. The molecule has 0 aromatic heterocycles. The van der Waals surface area contributed by atoms with Gasteiger partial charge in [-0.1, -0.05) is 20.8 Å². The van der Waals surface area contributed by atoms with E-state index in [1.807, 2.05) is 0 Å². The Morgan fingerprint density at radius 2 is 1.69 bits per heavy atom. The summed E-state index contributed by atoms with van der Waals surface area (Å²) in [6, 6.07) is 0. The highest BCUT2D eigenvalue weighted by Gasteiger charge is 2.54. The fraction of sp³-hybridized carbons (Fsp3) is 1.00. The molecule has 0 aliphatic carbocycles. The Morgan fingerprint density at radius 3 is 1.92 bits per heavy atom. The van der Waals surface area contributed by atoms with Crippen LogP contribution < -0.4 is 0 Å². The van der Waals surface area contributed by atoms with E-state index in [1.165, 1.54) is 0 Å². The molecule has 0 amide bonds. The summed E-state index contributed by atoms with van der Waals surface area (Å²) in [6.07, 6.45) is 1.11. The van der Waals surface area contributed by atoms with Gasteiger partial charge in [-0.3, -0.25) is 0 Å². The van der Waals surface area contributed by atoms with Gasteiger partial charge in [-0.05, 0) is 5.41 Å². The minimum absolute atomic E-state index is 0.00463. The summed E-state index contributed by atoms with van der Waals surface area (Å²) in [7, 11) is -3.20. The van der Waals surface area contributed by atoms with E-state index < -0.39 is 21.1 Å². The molecule has 0 unspecified atom stereocenters. The van der Waals surface area contributed by atoms with Gasteiger partial charge in [0.25, 0.3) is 0 Å². The van der Waals surface area contributed by atoms with Gasteiger partial charge in [-0.25, -0.2) is 12.8 Å². The zero-order chi connectivity index (χ0) is 10.5. The largest absolute Gasteiger partial charge is 0.240 e. The molecule has 0 atom stereocenters. The summed E-state index contributed by atoms with van der Waals surface area (Å²) >= 11 is 0. The molecule has 0 aromatic rings. The lowest BCUT2D eigenvalue weighted by Gasteiger charge is -2.50. The highest BCUT2D eigenvalue weighted by atomic mass is 32.2. The average molecular weight is 209 g/mol. The molecule has 1 saturated heterocycles. The fourth-order valence-electron chi connectivity index (χ4n) is 1.22. The monoisotopic (exact) mass is 209 g/mol. The van der Waals surface area contributed by atoms with Crippen LogP contribution in [0.1, 0.15) is 20.8 Å². The molecule has 78 valence electrons. The van der Waals surface area contributed by atoms with E-state index in [9.17, 15) is 12.8 Å². The topological polar surface area (TPSA) is 37.4 Å². The Labute approximate surface area is 79.0 Å². The summed E-state index contributed by atoms with van der Waals surface area (Å²) in [6.45, 7) is 5.34. The third-order valence-electron chi connectivity index (χ3n) is 2.67. The van der Waals surface area contributed by atoms with Crippen molar-refractivity contribution in [3.63, 3.8) is 0 Å². The normalized spacial score (nSPS) is 24.1. The van der Waals surface area contributed by atoms with E-state index in [2.05, 4.69) is 0 Å². The molecule has 0 bridgehead atoms. The summed E-state index contributed by atoms with van der Waals surface area (Å²) in [5.41, 5.74) is -1.86. The number of alkyl halides is 1. The highest BCUT2D eigenvalue weighted by Crippen LogP contribution is 2.42. The standard InChI is InChI=1S/C8H16FNO2S/c1-7(2,3)8(9)5-10(6-8)13(4,11)12/h5-6H2,1-4H3. The van der Waals surface area contributed by atoms with Crippen molar-refractivity contribution in [3.8, 4) is 0 Å². The first-order valence-electron chi connectivity index (χ1n) is 4.20. The van der Waals surface area contributed by atoms with Crippen LogP contribution in [0.15, 0.2) is 0 Å². The van der Waals surface area contributed by atoms with Crippen LogP contribution in [0.2, 0.25) is 0 Å². The number of hydrogen-bond donors (Lipinski definition) is 0. The van der Waals surface area contributed by atoms with Crippen molar-refractivity contribution in [2.45, 2.75) is 26.4 Å². The van der Waals surface area contributed by atoms with E-state index in [-0.39, 0.29) is 13.1 Å². The number of nitrogens with zero attached hydrogens (tertiary/aromatic N) is 1. The molecule has 13 heavy (non-hydrogen) atoms. The van der Waals surface area contributed by atoms with Gasteiger partial charge in [-0.15, -0.1) is 0 Å². The van der Waals surface area contributed by atoms with Crippen LogP contribution in [0.25, 0.3) is 0 Å². The smallest absolute Gasteiger partial charge is 0.211 e. The molecule has 1 heterocycles. The molecular weight excluding hydrogens is 193 g/mol. The maximum absolute atomic E-state index is 13.9. The number of rotatable bonds is 1. The van der Waals surface area contributed by atoms with Crippen LogP contribution in [-0.4, -0.2) is 37.7 Å². The van der Waals surface area contributed by atoms with Crippen LogP contribution in [0.5, 0.6) is 0 Å². The first kappa shape index (κ1) is 10.9. The number of sulfonamides is 1. The van der Waals surface area contributed by atoms with Gasteiger partial charge in [-0.2, -0.15) is 4.31 Å². The zero-order valence-corrected chi connectivity index (χ0v) is 9.28. The molecule has 1 aliphatic rings. The minimum Gasteiger partial charge on any atom is -0.240 e. The van der Waals surface area contributed by atoms with Crippen molar-refractivity contribution in [1.29, 1.82) is 0 Å². The van der Waals surface area contributed by atoms with Crippen LogP contribution in [0, 0.1) is 5.41 Å². The fourth-order valence-corrected chi connectivity index (χ4v) is 2.10. The molecule has 5 heteroatoms. The van der Waals surface area contributed by atoms with Gasteiger partial charge in [0.1, 0.15) is 5.67 Å². The maximum atomic E-state index is 13.9. The summed E-state index contributed by atoms with van der Waals surface area (Å²) in [4.78, 5) is 0. The Balaban J connectivity index is 2.69. The second kappa shape index (κ2) is 2.67. The Kier molecular flexibility index (Phi) is 2.24. The molecule has 1 aliphatic heterocycles. The van der Waals surface area contributed by atoms with Gasteiger partial charge in [0.2, 0.25) is 10.0 Å². The second-order valence-electron chi connectivity index (χ2n) is 4.75. The van der Waals surface area contributed by atoms with Gasteiger partial charge < -0.3 is 0 Å². The zero-order valence-electron chi connectivity index (χ0n) is 8.46. The molecule has 1 fully saturated rings. The molecule has 3 nitrogen and oxygen atoms in total. The van der Waals surface area contributed by atoms with E-state index in [0.29, 0.717) is 0 Å². The molecule has 0 radical (unpaired) electrons. The molecule has 0 aromatic carbocycles. The van der Waals surface area contributed by atoms with Crippen molar-refractivity contribution < 1.29 is 12.8 Å². The van der Waals surface area contributed by atoms with Gasteiger partial charge in [0.15, 0.2) is 0 Å². The predicted molar refractivity (Wildman–Crippen MR) is 49.7 cm³/mol. The third-order valence-corrected chi connectivity index (χ3v) is 3.86. The summed E-state index contributed by atoms with van der Waals surface area (Å²) in [5, 5.41) is 0. The van der Waals surface area contributed by atoms with Crippen molar-refractivity contribution in [1.82, 2.24) is 4.31 Å². The van der Waals surface area contributed by atoms with Crippen LogP contribution >= 0.6 is 0 Å². The molecule has 0 spiro atoms. The van der Waals surface area contributed by atoms with E-state index in [0.717, 1.165) is 10.6 Å². The van der Waals surface area contributed by atoms with Crippen molar-refractivity contribution in [2.75, 3.05) is 19.3 Å². The summed E-state index contributed by atoms with van der Waals surface area (Å²) in [5.74, 6) is 0. The Hall–Kier alpha value is -0.160. The molecular formula is C8H16FNO2S. The minimum atomic E-state index is -3.20. The Morgan fingerprint density at radius 1 is 1.31 bits per heavy atom. The van der Waals surface area contributed by atoms with Crippen molar-refractivity contribution in [3.05, 3.63) is 0 Å². The van der Waals surface area contributed by atoms with E-state index >= 15 is 0 Å². The predicted octanol–water partition coefficient (Wildman–Crippen LogP) is 1.02. The van der Waals surface area contributed by atoms with Crippen LogP contribution in [0.4, 0.5) is 4.39 Å². The first-order chi connectivity index (χ1) is 5.56. The summed E-state index contributed by atoms with van der Waals surface area (Å²) < 4.78 is 37.0. The Bertz CT molecular complexity index is 299. The lowest BCUT2D eigenvalue weighted by molar-refractivity contribution is -0.0663. The highest BCUT2D eigenvalue weighted by molar-refractivity contribution is 7.88. The molecule has 0 N–H and O–H groups in total. The van der Waals surface area contributed by atoms with Crippen LogP contribution in [0.3, 0.4) is 0 Å². The van der Waals surface area contributed by atoms with Crippen molar-refractivity contribution in [2.24, 2.45) is 5.41 Å². The van der Waals surface area contributed by atoms with Crippen LogP contribution in [-0.2, 0) is 10.0 Å². The van der Waals surface area contributed by atoms with Gasteiger partial charge in [0.05, 0.1) is 6.26 Å². The maximum Gasteiger partial charge on any atom is 0.211 e. The third kappa shape index (κ3) is 1.86. The lowest BCUT2D eigenvalue weighted by atomic mass is 9.74. The first-order valence-corrected chi connectivity index (χ1v) is 6.05. The average Bonchev–Trinajstić information content (AvgIpc) is 1.75. The SMILES string of the molecule is CC(C)(C)C1(F)CN(S(C)(=O)=O)C1. The van der Waals surface area contributed by atoms with Crippen molar-refractivity contribution >= 4 is 10.0 Å². The molecule has 1 rings (SSSR count). The number of halogens is 1. The van der Waals surface area contributed by atoms with E-state index in [1.54, 1.807) is 20.8 Å². The van der Waals surface area contributed by atoms with Gasteiger partial charge in [0, 0.05) is 13.1 Å². The second-order valence-corrected chi connectivity index (χ2v) is 6.73. The van der Waals surface area contributed by atoms with Gasteiger partial charge >= 0.3 is 0 Å². The van der Waals surface area contributed by atoms with E-state index in [4.69, 9.17) is 0 Å². The quantitative estimate of drug-likeness (QED) is 0.646. The lowest BCUT2D eigenvalue weighted by Crippen LogP contribution is -2.66. The number of hydrogen-bond acceptors (Lipinski definition) is 2.